The monoisotopic (exact) mass is 273 g/mol. The Morgan fingerprint density at radius 1 is 1.55 bits per heavy atom. The Bertz CT molecular complexity index is 615. The van der Waals surface area contributed by atoms with Crippen molar-refractivity contribution in [2.75, 3.05) is 11.9 Å². The van der Waals surface area contributed by atoms with Gasteiger partial charge in [-0.2, -0.15) is 0 Å². The van der Waals surface area contributed by atoms with Crippen LogP contribution in [-0.4, -0.2) is 22.5 Å². The summed E-state index contributed by atoms with van der Waals surface area (Å²) < 4.78 is 5.63. The lowest BCUT2D eigenvalue weighted by Gasteiger charge is -2.04. The molecule has 0 aliphatic carbocycles. The van der Waals surface area contributed by atoms with Crippen LogP contribution in [0, 0.1) is 0 Å². The van der Waals surface area contributed by atoms with Crippen LogP contribution in [-0.2, 0) is 9.53 Å². The van der Waals surface area contributed by atoms with Crippen LogP contribution in [0.25, 0.3) is 11.0 Å². The minimum Gasteiger partial charge on any atom is -0.370 e. The Kier molecular flexibility index (Phi) is 3.69. The summed E-state index contributed by atoms with van der Waals surface area (Å²) in [4.78, 5) is 19.5. The number of aromatic amines is 1. The molecule has 0 saturated carbocycles. The number of aromatic nitrogens is 2. The highest BCUT2D eigenvalue weighted by Gasteiger charge is 2.21. The molecule has 1 saturated heterocycles. The summed E-state index contributed by atoms with van der Waals surface area (Å²) in [5.74, 6) is 0.931. The van der Waals surface area contributed by atoms with Gasteiger partial charge in [0.2, 0.25) is 5.91 Å². The molecule has 2 heterocycles. The number of rotatable bonds is 4. The molecule has 5 nitrogen and oxygen atoms in total. The number of nitrogens with one attached hydrogen (secondary N) is 2. The summed E-state index contributed by atoms with van der Waals surface area (Å²) in [6.07, 6.45) is 3.57. The molecule has 1 aromatic carbocycles. The summed E-state index contributed by atoms with van der Waals surface area (Å²) in [5.41, 5.74) is 2.65. The molecule has 1 atom stereocenters. The van der Waals surface area contributed by atoms with Crippen molar-refractivity contribution in [1.82, 2.24) is 9.97 Å². The van der Waals surface area contributed by atoms with Crippen molar-refractivity contribution in [3.8, 4) is 0 Å². The number of hydrogen-bond acceptors (Lipinski definition) is 3. The van der Waals surface area contributed by atoms with E-state index in [0.717, 1.165) is 48.4 Å². The third kappa shape index (κ3) is 2.67. The fourth-order valence-corrected chi connectivity index (χ4v) is 2.50. The van der Waals surface area contributed by atoms with Gasteiger partial charge in [0.1, 0.15) is 11.9 Å². The van der Waals surface area contributed by atoms with E-state index in [1.165, 1.54) is 0 Å². The number of H-pyrrole nitrogens is 1. The molecule has 2 N–H and O–H groups in total. The van der Waals surface area contributed by atoms with Crippen molar-refractivity contribution in [2.45, 2.75) is 38.7 Å². The first-order valence-corrected chi connectivity index (χ1v) is 7.17. The van der Waals surface area contributed by atoms with Gasteiger partial charge in [0.25, 0.3) is 0 Å². The van der Waals surface area contributed by atoms with Gasteiger partial charge in [-0.05, 0) is 37.5 Å². The molecule has 0 bridgehead atoms. The van der Waals surface area contributed by atoms with Crippen LogP contribution in [0.15, 0.2) is 18.2 Å². The SMILES string of the molecule is CCCC(=O)Nc1ccc2nc([C@H]3CCCO3)[nH]c2c1. The second-order valence-corrected chi connectivity index (χ2v) is 5.15. The highest BCUT2D eigenvalue weighted by atomic mass is 16.5. The minimum absolute atomic E-state index is 0.0470. The van der Waals surface area contributed by atoms with E-state index in [2.05, 4.69) is 15.3 Å². The van der Waals surface area contributed by atoms with Crippen molar-refractivity contribution in [2.24, 2.45) is 0 Å². The first kappa shape index (κ1) is 13.1. The molecule has 1 aromatic heterocycles. The summed E-state index contributed by atoms with van der Waals surface area (Å²) in [5, 5.41) is 2.90. The van der Waals surface area contributed by atoms with Crippen molar-refractivity contribution in [3.63, 3.8) is 0 Å². The molecule has 1 aliphatic rings. The molecule has 3 rings (SSSR count). The average Bonchev–Trinajstić information content (AvgIpc) is 3.07. The van der Waals surface area contributed by atoms with Gasteiger partial charge in [0.05, 0.1) is 11.0 Å². The van der Waals surface area contributed by atoms with Crippen LogP contribution in [0.1, 0.15) is 44.5 Å². The van der Waals surface area contributed by atoms with Gasteiger partial charge in [-0.3, -0.25) is 4.79 Å². The van der Waals surface area contributed by atoms with E-state index >= 15 is 0 Å². The number of amides is 1. The summed E-state index contributed by atoms with van der Waals surface area (Å²) in [6, 6.07) is 5.73. The second-order valence-electron chi connectivity index (χ2n) is 5.15. The van der Waals surface area contributed by atoms with E-state index in [-0.39, 0.29) is 12.0 Å². The predicted molar refractivity (Wildman–Crippen MR) is 77.6 cm³/mol. The molecular weight excluding hydrogens is 254 g/mol. The lowest BCUT2D eigenvalue weighted by atomic mass is 10.2. The summed E-state index contributed by atoms with van der Waals surface area (Å²) in [7, 11) is 0. The van der Waals surface area contributed by atoms with Crippen molar-refractivity contribution >= 4 is 22.6 Å². The molecular formula is C15H19N3O2. The van der Waals surface area contributed by atoms with Crippen molar-refractivity contribution in [3.05, 3.63) is 24.0 Å². The Morgan fingerprint density at radius 2 is 2.45 bits per heavy atom. The van der Waals surface area contributed by atoms with Crippen LogP contribution < -0.4 is 5.32 Å². The molecule has 1 aliphatic heterocycles. The maximum atomic E-state index is 11.6. The summed E-state index contributed by atoms with van der Waals surface area (Å²) in [6.45, 7) is 2.80. The lowest BCUT2D eigenvalue weighted by Crippen LogP contribution is -2.10. The standard InChI is InChI=1S/C15H19N3O2/c1-2-4-14(19)16-10-6-7-11-12(9-10)18-15(17-11)13-5-3-8-20-13/h6-7,9,13H,2-5,8H2,1H3,(H,16,19)(H,17,18)/t13-/m1/s1. The van der Waals surface area contributed by atoms with Gasteiger partial charge in [0, 0.05) is 18.7 Å². The van der Waals surface area contributed by atoms with Gasteiger partial charge < -0.3 is 15.0 Å². The number of carbonyl (C=O) groups is 1. The van der Waals surface area contributed by atoms with Gasteiger partial charge in [-0.15, -0.1) is 0 Å². The third-order valence-corrected chi connectivity index (χ3v) is 3.50. The molecule has 0 radical (unpaired) electrons. The van der Waals surface area contributed by atoms with E-state index in [1.54, 1.807) is 0 Å². The fraction of sp³-hybridized carbons (Fsp3) is 0.467. The average molecular weight is 273 g/mol. The fourth-order valence-electron chi connectivity index (χ4n) is 2.50. The van der Waals surface area contributed by atoms with Gasteiger partial charge in [-0.25, -0.2) is 4.98 Å². The first-order chi connectivity index (χ1) is 9.76. The normalized spacial score (nSPS) is 18.6. The zero-order valence-electron chi connectivity index (χ0n) is 11.6. The number of hydrogen-bond donors (Lipinski definition) is 2. The minimum atomic E-state index is 0.0470. The summed E-state index contributed by atoms with van der Waals surface area (Å²) >= 11 is 0. The molecule has 1 fully saturated rings. The molecule has 1 amide bonds. The van der Waals surface area contributed by atoms with E-state index in [4.69, 9.17) is 4.74 Å². The number of ether oxygens (including phenoxy) is 1. The third-order valence-electron chi connectivity index (χ3n) is 3.50. The Labute approximate surface area is 117 Å². The molecule has 0 spiro atoms. The molecule has 5 heteroatoms. The molecule has 0 unspecified atom stereocenters. The van der Waals surface area contributed by atoms with Gasteiger partial charge in [-0.1, -0.05) is 6.92 Å². The number of benzene rings is 1. The quantitative estimate of drug-likeness (QED) is 0.899. The van der Waals surface area contributed by atoms with Crippen LogP contribution in [0.3, 0.4) is 0 Å². The smallest absolute Gasteiger partial charge is 0.224 e. The molecule has 20 heavy (non-hydrogen) atoms. The van der Waals surface area contributed by atoms with E-state index in [0.29, 0.717) is 6.42 Å². The highest BCUT2D eigenvalue weighted by Crippen LogP contribution is 2.28. The molecule has 106 valence electrons. The van der Waals surface area contributed by atoms with Crippen molar-refractivity contribution < 1.29 is 9.53 Å². The maximum Gasteiger partial charge on any atom is 0.224 e. The highest BCUT2D eigenvalue weighted by molar-refractivity contribution is 5.93. The number of carbonyl (C=O) groups excluding carboxylic acids is 1. The maximum absolute atomic E-state index is 11.6. The van der Waals surface area contributed by atoms with Crippen molar-refractivity contribution in [1.29, 1.82) is 0 Å². The predicted octanol–water partition coefficient (Wildman–Crippen LogP) is 3.15. The number of anilines is 1. The number of nitrogens with zero attached hydrogens (tertiary/aromatic N) is 1. The second kappa shape index (κ2) is 5.63. The van der Waals surface area contributed by atoms with E-state index in [1.807, 2.05) is 25.1 Å². The largest absolute Gasteiger partial charge is 0.370 e. The number of fused-ring (bicyclic) bond motifs is 1. The van der Waals surface area contributed by atoms with Crippen LogP contribution in [0.5, 0.6) is 0 Å². The number of imidazole rings is 1. The van der Waals surface area contributed by atoms with Gasteiger partial charge >= 0.3 is 0 Å². The van der Waals surface area contributed by atoms with E-state index in [9.17, 15) is 4.79 Å². The first-order valence-electron chi connectivity index (χ1n) is 7.17. The zero-order chi connectivity index (χ0) is 13.9. The zero-order valence-corrected chi connectivity index (χ0v) is 11.6. The Morgan fingerprint density at radius 3 is 3.20 bits per heavy atom. The van der Waals surface area contributed by atoms with Crippen LogP contribution in [0.4, 0.5) is 5.69 Å². The Balaban J connectivity index is 1.81. The van der Waals surface area contributed by atoms with Gasteiger partial charge in [0.15, 0.2) is 0 Å². The topological polar surface area (TPSA) is 67.0 Å². The lowest BCUT2D eigenvalue weighted by molar-refractivity contribution is -0.116. The van der Waals surface area contributed by atoms with E-state index < -0.39 is 0 Å². The Hall–Kier alpha value is -1.88. The van der Waals surface area contributed by atoms with Crippen LogP contribution >= 0.6 is 0 Å². The molecule has 2 aromatic rings. The van der Waals surface area contributed by atoms with Crippen LogP contribution in [0.2, 0.25) is 0 Å².